The maximum Gasteiger partial charge on any atom is 0.00991 e. The molecule has 15 heavy (non-hydrogen) atoms. The van der Waals surface area contributed by atoms with E-state index in [0.29, 0.717) is 11.5 Å². The Morgan fingerprint density at radius 2 is 2.13 bits per heavy atom. The zero-order valence-electron chi connectivity index (χ0n) is 11.1. The monoisotopic (exact) mass is 212 g/mol. The molecule has 1 aliphatic rings. The third-order valence-corrected chi connectivity index (χ3v) is 4.19. The minimum absolute atomic E-state index is 0.368. The Morgan fingerprint density at radius 3 is 2.67 bits per heavy atom. The fourth-order valence-corrected chi connectivity index (χ4v) is 2.62. The van der Waals surface area contributed by atoms with Crippen LogP contribution in [0, 0.1) is 5.41 Å². The Kier molecular flexibility index (Phi) is 4.60. The Morgan fingerprint density at radius 1 is 1.47 bits per heavy atom. The van der Waals surface area contributed by atoms with Crippen LogP contribution in [0.3, 0.4) is 0 Å². The summed E-state index contributed by atoms with van der Waals surface area (Å²) < 4.78 is 0. The van der Waals surface area contributed by atoms with Crippen molar-refractivity contribution in [3.05, 3.63) is 0 Å². The van der Waals surface area contributed by atoms with Gasteiger partial charge in [0.1, 0.15) is 0 Å². The lowest BCUT2D eigenvalue weighted by molar-refractivity contribution is 0.134. The number of hydrogen-bond donors (Lipinski definition) is 1. The first-order valence-corrected chi connectivity index (χ1v) is 6.42. The van der Waals surface area contributed by atoms with Crippen LogP contribution in [0.2, 0.25) is 0 Å². The minimum Gasteiger partial charge on any atom is -0.317 e. The number of rotatable bonds is 5. The highest BCUT2D eigenvalue weighted by molar-refractivity contribution is 4.87. The van der Waals surface area contributed by atoms with Crippen LogP contribution in [0.5, 0.6) is 0 Å². The summed E-state index contributed by atoms with van der Waals surface area (Å²) >= 11 is 0. The van der Waals surface area contributed by atoms with Crippen molar-refractivity contribution in [2.45, 2.75) is 59.0 Å². The average Bonchev–Trinajstić information content (AvgIpc) is 2.63. The van der Waals surface area contributed by atoms with Crippen LogP contribution in [0.15, 0.2) is 0 Å². The average molecular weight is 212 g/mol. The van der Waals surface area contributed by atoms with Crippen LogP contribution in [0.4, 0.5) is 0 Å². The third kappa shape index (κ3) is 3.18. The van der Waals surface area contributed by atoms with Gasteiger partial charge >= 0.3 is 0 Å². The summed E-state index contributed by atoms with van der Waals surface area (Å²) in [4.78, 5) is 2.69. The molecular weight excluding hydrogens is 184 g/mol. The van der Waals surface area contributed by atoms with E-state index in [9.17, 15) is 0 Å². The van der Waals surface area contributed by atoms with E-state index >= 15 is 0 Å². The maximum atomic E-state index is 3.39. The maximum absolute atomic E-state index is 3.39. The number of nitrogens with zero attached hydrogens (tertiary/aromatic N) is 1. The van der Waals surface area contributed by atoms with Crippen molar-refractivity contribution < 1.29 is 0 Å². The van der Waals surface area contributed by atoms with Gasteiger partial charge in [0.25, 0.3) is 0 Å². The van der Waals surface area contributed by atoms with Crippen molar-refractivity contribution in [2.75, 3.05) is 20.1 Å². The Hall–Kier alpha value is -0.0800. The molecule has 90 valence electrons. The van der Waals surface area contributed by atoms with Crippen molar-refractivity contribution in [3.8, 4) is 0 Å². The second-order valence-corrected chi connectivity index (χ2v) is 5.67. The van der Waals surface area contributed by atoms with Gasteiger partial charge in [0.2, 0.25) is 0 Å². The summed E-state index contributed by atoms with van der Waals surface area (Å²) in [5.74, 6) is 0. The second-order valence-electron chi connectivity index (χ2n) is 5.67. The summed E-state index contributed by atoms with van der Waals surface area (Å²) in [6, 6.07) is 1.42. The van der Waals surface area contributed by atoms with E-state index in [1.807, 2.05) is 0 Å². The lowest BCUT2D eigenvalue weighted by Gasteiger charge is -2.37. The molecule has 0 aromatic heterocycles. The zero-order valence-corrected chi connectivity index (χ0v) is 11.1. The van der Waals surface area contributed by atoms with E-state index in [1.54, 1.807) is 0 Å². The van der Waals surface area contributed by atoms with E-state index < -0.39 is 0 Å². The summed E-state index contributed by atoms with van der Waals surface area (Å²) in [7, 11) is 2.06. The molecule has 1 saturated heterocycles. The molecule has 0 saturated carbocycles. The largest absolute Gasteiger partial charge is 0.317 e. The van der Waals surface area contributed by atoms with Crippen LogP contribution in [0.25, 0.3) is 0 Å². The van der Waals surface area contributed by atoms with Gasteiger partial charge in [-0.3, -0.25) is 4.90 Å². The van der Waals surface area contributed by atoms with Crippen molar-refractivity contribution in [1.29, 1.82) is 0 Å². The van der Waals surface area contributed by atoms with Crippen LogP contribution in [-0.2, 0) is 0 Å². The highest BCUT2D eigenvalue weighted by Gasteiger charge is 2.31. The summed E-state index contributed by atoms with van der Waals surface area (Å²) in [6.07, 6.45) is 4.10. The Balaban J connectivity index is 2.52. The van der Waals surface area contributed by atoms with E-state index in [0.717, 1.165) is 6.04 Å². The van der Waals surface area contributed by atoms with Crippen molar-refractivity contribution in [1.82, 2.24) is 10.2 Å². The van der Waals surface area contributed by atoms with Crippen molar-refractivity contribution >= 4 is 0 Å². The van der Waals surface area contributed by atoms with E-state index in [2.05, 4.69) is 45.0 Å². The SMILES string of the molecule is CCC1CCCN1CC(C)(C)C(C)NC. The van der Waals surface area contributed by atoms with E-state index in [-0.39, 0.29) is 0 Å². The molecule has 2 unspecified atom stereocenters. The first-order chi connectivity index (χ1) is 7.01. The fraction of sp³-hybridized carbons (Fsp3) is 1.00. The molecule has 1 N–H and O–H groups in total. The lowest BCUT2D eigenvalue weighted by atomic mass is 9.84. The molecule has 0 amide bonds. The van der Waals surface area contributed by atoms with Gasteiger partial charge in [-0.15, -0.1) is 0 Å². The van der Waals surface area contributed by atoms with Gasteiger partial charge in [-0.25, -0.2) is 0 Å². The summed E-state index contributed by atoms with van der Waals surface area (Å²) in [6.45, 7) is 11.9. The molecular formula is C13H28N2. The first-order valence-electron chi connectivity index (χ1n) is 6.42. The number of nitrogens with one attached hydrogen (secondary N) is 1. The molecule has 1 aliphatic heterocycles. The summed E-state index contributed by atoms with van der Waals surface area (Å²) in [5, 5.41) is 3.39. The predicted molar refractivity (Wildman–Crippen MR) is 67.2 cm³/mol. The van der Waals surface area contributed by atoms with Gasteiger partial charge in [0.05, 0.1) is 0 Å². The zero-order chi connectivity index (χ0) is 11.5. The minimum atomic E-state index is 0.368. The molecule has 0 bridgehead atoms. The van der Waals surface area contributed by atoms with E-state index in [4.69, 9.17) is 0 Å². The van der Waals surface area contributed by atoms with Crippen LogP contribution in [-0.4, -0.2) is 37.1 Å². The Labute approximate surface area is 95.4 Å². The van der Waals surface area contributed by atoms with Gasteiger partial charge in [0.15, 0.2) is 0 Å². The molecule has 1 heterocycles. The topological polar surface area (TPSA) is 15.3 Å². The van der Waals surface area contributed by atoms with Gasteiger partial charge in [-0.1, -0.05) is 20.8 Å². The number of likely N-dealkylation sites (tertiary alicyclic amines) is 1. The highest BCUT2D eigenvalue weighted by Crippen LogP contribution is 2.28. The molecule has 1 rings (SSSR count). The molecule has 0 aliphatic carbocycles. The number of hydrogen-bond acceptors (Lipinski definition) is 2. The second kappa shape index (κ2) is 5.31. The standard InChI is InChI=1S/C13H28N2/c1-6-12-8-7-9-15(12)10-13(3,4)11(2)14-5/h11-12,14H,6-10H2,1-5H3. The van der Waals surface area contributed by atoms with Crippen LogP contribution in [0.1, 0.15) is 47.0 Å². The molecule has 1 fully saturated rings. The van der Waals surface area contributed by atoms with Gasteiger partial charge in [0, 0.05) is 18.6 Å². The van der Waals surface area contributed by atoms with E-state index in [1.165, 1.54) is 32.4 Å². The highest BCUT2D eigenvalue weighted by atomic mass is 15.2. The van der Waals surface area contributed by atoms with Gasteiger partial charge in [-0.2, -0.15) is 0 Å². The van der Waals surface area contributed by atoms with Crippen molar-refractivity contribution in [2.24, 2.45) is 5.41 Å². The normalized spacial score (nSPS) is 25.8. The first kappa shape index (κ1) is 13.0. The van der Waals surface area contributed by atoms with Gasteiger partial charge in [-0.05, 0) is 45.2 Å². The Bertz CT molecular complexity index is 189. The third-order valence-electron chi connectivity index (χ3n) is 4.19. The molecule has 0 radical (unpaired) electrons. The molecule has 0 spiro atoms. The quantitative estimate of drug-likeness (QED) is 0.753. The molecule has 2 heteroatoms. The summed E-state index contributed by atoms with van der Waals surface area (Å²) in [5.41, 5.74) is 0.368. The predicted octanol–water partition coefficient (Wildman–Crippen LogP) is 2.49. The van der Waals surface area contributed by atoms with Crippen molar-refractivity contribution in [3.63, 3.8) is 0 Å². The molecule has 2 nitrogen and oxygen atoms in total. The van der Waals surface area contributed by atoms with Crippen LogP contribution >= 0.6 is 0 Å². The molecule has 0 aromatic rings. The smallest absolute Gasteiger partial charge is 0.00991 e. The lowest BCUT2D eigenvalue weighted by Crippen LogP contribution is -2.46. The van der Waals surface area contributed by atoms with Crippen LogP contribution < -0.4 is 5.32 Å². The van der Waals surface area contributed by atoms with Gasteiger partial charge < -0.3 is 5.32 Å². The molecule has 2 atom stereocenters. The fourth-order valence-electron chi connectivity index (χ4n) is 2.62. The molecule has 0 aromatic carbocycles.